The summed E-state index contributed by atoms with van der Waals surface area (Å²) < 4.78 is 37.5. The van der Waals surface area contributed by atoms with Gasteiger partial charge in [-0.2, -0.15) is 13.2 Å². The molecular formula is C12H13F3N2O2. The van der Waals surface area contributed by atoms with Crippen molar-refractivity contribution in [1.29, 1.82) is 0 Å². The Bertz CT molecular complexity index is 451. The molecule has 19 heavy (non-hydrogen) atoms. The van der Waals surface area contributed by atoms with E-state index in [0.717, 1.165) is 0 Å². The van der Waals surface area contributed by atoms with Crippen LogP contribution in [0, 0.1) is 5.92 Å². The Morgan fingerprint density at radius 3 is 2.37 bits per heavy atom. The highest BCUT2D eigenvalue weighted by Crippen LogP contribution is 2.34. The molecule has 7 heteroatoms. The number of carboxylic acids is 1. The molecule has 0 saturated carbocycles. The number of rotatable bonds is 2. The molecule has 1 saturated heterocycles. The number of piperidine rings is 1. The number of aromatic nitrogens is 1. The van der Waals surface area contributed by atoms with Crippen molar-refractivity contribution < 1.29 is 23.1 Å². The highest BCUT2D eigenvalue weighted by molar-refractivity contribution is 5.87. The van der Waals surface area contributed by atoms with Crippen LogP contribution in [0.2, 0.25) is 0 Å². The minimum absolute atomic E-state index is 0.0475. The van der Waals surface area contributed by atoms with E-state index in [1.54, 1.807) is 4.90 Å². The average Bonchev–Trinajstić information content (AvgIpc) is 2.38. The number of anilines is 1. The van der Waals surface area contributed by atoms with Crippen LogP contribution in [0.5, 0.6) is 0 Å². The summed E-state index contributed by atoms with van der Waals surface area (Å²) in [5.74, 6) is -1.80. The third-order valence-electron chi connectivity index (χ3n) is 3.28. The van der Waals surface area contributed by atoms with E-state index in [9.17, 15) is 18.0 Å². The third-order valence-corrected chi connectivity index (χ3v) is 3.28. The second-order valence-electron chi connectivity index (χ2n) is 4.51. The Kier molecular flexibility index (Phi) is 3.64. The van der Waals surface area contributed by atoms with Gasteiger partial charge in [0.1, 0.15) is 5.82 Å². The highest BCUT2D eigenvalue weighted by atomic mass is 19.4. The van der Waals surface area contributed by atoms with Crippen molar-refractivity contribution in [2.24, 2.45) is 5.92 Å². The first kappa shape index (κ1) is 13.6. The molecule has 0 atom stereocenters. The van der Waals surface area contributed by atoms with Gasteiger partial charge in [-0.05, 0) is 25.0 Å². The number of carboxylic acid groups (broad SMARTS) is 1. The van der Waals surface area contributed by atoms with Crippen LogP contribution in [-0.4, -0.2) is 35.3 Å². The molecule has 0 spiro atoms. The van der Waals surface area contributed by atoms with Gasteiger partial charge in [-0.15, -0.1) is 0 Å². The lowest BCUT2D eigenvalue weighted by Gasteiger charge is -2.33. The lowest BCUT2D eigenvalue weighted by molar-refractivity contribution is -0.179. The van der Waals surface area contributed by atoms with Gasteiger partial charge in [-0.1, -0.05) is 0 Å². The normalized spacial score (nSPS) is 17.5. The number of pyridine rings is 1. The van der Waals surface area contributed by atoms with Gasteiger partial charge < -0.3 is 10.0 Å². The summed E-state index contributed by atoms with van der Waals surface area (Å²) in [7, 11) is 0. The zero-order chi connectivity index (χ0) is 14.0. The number of hydrogen-bond acceptors (Lipinski definition) is 3. The first-order valence-electron chi connectivity index (χ1n) is 5.89. The van der Waals surface area contributed by atoms with E-state index in [4.69, 9.17) is 5.11 Å². The lowest BCUT2D eigenvalue weighted by atomic mass is 9.96. The summed E-state index contributed by atoms with van der Waals surface area (Å²) in [6.45, 7) is 0.563. The van der Waals surface area contributed by atoms with E-state index in [1.807, 2.05) is 0 Å². The zero-order valence-electron chi connectivity index (χ0n) is 10.0. The molecule has 1 aromatic rings. The largest absolute Gasteiger partial charge is 0.478 e. The fourth-order valence-corrected chi connectivity index (χ4v) is 2.14. The van der Waals surface area contributed by atoms with E-state index < -0.39 is 18.1 Å². The Balaban J connectivity index is 2.00. The molecule has 104 valence electrons. The third kappa shape index (κ3) is 3.15. The Hall–Kier alpha value is -1.79. The monoisotopic (exact) mass is 274 g/mol. The van der Waals surface area contributed by atoms with Gasteiger partial charge in [0.05, 0.1) is 11.5 Å². The van der Waals surface area contributed by atoms with Crippen molar-refractivity contribution in [3.8, 4) is 0 Å². The minimum atomic E-state index is -4.13. The predicted octanol–water partition coefficient (Wildman–Crippen LogP) is 2.56. The zero-order valence-corrected chi connectivity index (χ0v) is 10.0. The summed E-state index contributed by atoms with van der Waals surface area (Å²) in [6.07, 6.45) is -2.82. The van der Waals surface area contributed by atoms with Gasteiger partial charge in [-0.25, -0.2) is 9.78 Å². The Morgan fingerprint density at radius 2 is 1.95 bits per heavy atom. The summed E-state index contributed by atoms with van der Waals surface area (Å²) in [6, 6.07) is 2.93. The predicted molar refractivity (Wildman–Crippen MR) is 62.2 cm³/mol. The van der Waals surface area contributed by atoms with Crippen molar-refractivity contribution >= 4 is 11.8 Å². The van der Waals surface area contributed by atoms with Gasteiger partial charge in [-0.3, -0.25) is 0 Å². The topological polar surface area (TPSA) is 53.4 Å². The molecule has 0 radical (unpaired) electrons. The highest BCUT2D eigenvalue weighted by Gasteiger charge is 2.41. The molecule has 2 heterocycles. The standard InChI is InChI=1S/C12H13F3N2O2/c13-12(14,15)9-3-5-17(6-4-9)10-2-1-8(7-16-10)11(18)19/h1-2,7,9H,3-6H2,(H,18,19). The first-order chi connectivity index (χ1) is 8.88. The van der Waals surface area contributed by atoms with Gasteiger partial charge in [0, 0.05) is 19.3 Å². The van der Waals surface area contributed by atoms with Crippen LogP contribution in [0.1, 0.15) is 23.2 Å². The van der Waals surface area contributed by atoms with Crippen LogP contribution < -0.4 is 4.90 Å². The lowest BCUT2D eigenvalue weighted by Crippen LogP contribution is -2.39. The molecule has 0 amide bonds. The van der Waals surface area contributed by atoms with E-state index in [2.05, 4.69) is 4.98 Å². The summed E-state index contributed by atoms with van der Waals surface area (Å²) >= 11 is 0. The Morgan fingerprint density at radius 1 is 1.32 bits per heavy atom. The van der Waals surface area contributed by atoms with Gasteiger partial charge in [0.15, 0.2) is 0 Å². The molecule has 2 rings (SSSR count). The molecule has 1 aliphatic rings. The average molecular weight is 274 g/mol. The van der Waals surface area contributed by atoms with Crippen molar-refractivity contribution in [3.63, 3.8) is 0 Å². The van der Waals surface area contributed by atoms with Crippen molar-refractivity contribution in [3.05, 3.63) is 23.9 Å². The van der Waals surface area contributed by atoms with E-state index in [-0.39, 0.29) is 31.5 Å². The van der Waals surface area contributed by atoms with Crippen LogP contribution >= 0.6 is 0 Å². The summed E-state index contributed by atoms with van der Waals surface area (Å²) in [4.78, 5) is 16.4. The van der Waals surface area contributed by atoms with E-state index >= 15 is 0 Å². The van der Waals surface area contributed by atoms with Gasteiger partial charge in [0.2, 0.25) is 0 Å². The number of alkyl halides is 3. The Labute approximate surface area is 107 Å². The van der Waals surface area contributed by atoms with Crippen LogP contribution in [0.4, 0.5) is 19.0 Å². The maximum atomic E-state index is 12.5. The quantitative estimate of drug-likeness (QED) is 0.900. The minimum Gasteiger partial charge on any atom is -0.478 e. The SMILES string of the molecule is O=C(O)c1ccc(N2CCC(C(F)(F)F)CC2)nc1. The molecule has 1 aromatic heterocycles. The van der Waals surface area contributed by atoms with Crippen LogP contribution in [0.15, 0.2) is 18.3 Å². The molecule has 0 aromatic carbocycles. The molecule has 1 fully saturated rings. The first-order valence-corrected chi connectivity index (χ1v) is 5.89. The van der Waals surface area contributed by atoms with Crippen LogP contribution in [0.25, 0.3) is 0 Å². The van der Waals surface area contributed by atoms with Gasteiger partial charge >= 0.3 is 12.1 Å². The smallest absolute Gasteiger partial charge is 0.391 e. The summed E-state index contributed by atoms with van der Waals surface area (Å²) in [5.41, 5.74) is 0.0638. The maximum absolute atomic E-state index is 12.5. The molecule has 0 aliphatic carbocycles. The molecular weight excluding hydrogens is 261 g/mol. The van der Waals surface area contributed by atoms with Crippen molar-refractivity contribution in [2.45, 2.75) is 19.0 Å². The van der Waals surface area contributed by atoms with Crippen molar-refractivity contribution in [2.75, 3.05) is 18.0 Å². The van der Waals surface area contributed by atoms with E-state index in [1.165, 1.54) is 18.3 Å². The van der Waals surface area contributed by atoms with Crippen LogP contribution in [-0.2, 0) is 0 Å². The fourth-order valence-electron chi connectivity index (χ4n) is 2.14. The second kappa shape index (κ2) is 5.07. The number of aromatic carboxylic acids is 1. The maximum Gasteiger partial charge on any atom is 0.391 e. The van der Waals surface area contributed by atoms with Gasteiger partial charge in [0.25, 0.3) is 0 Å². The van der Waals surface area contributed by atoms with E-state index in [0.29, 0.717) is 5.82 Å². The molecule has 4 nitrogen and oxygen atoms in total. The molecule has 0 bridgehead atoms. The molecule has 1 aliphatic heterocycles. The summed E-state index contributed by atoms with van der Waals surface area (Å²) in [5, 5.41) is 8.73. The number of halogens is 3. The van der Waals surface area contributed by atoms with Crippen LogP contribution in [0.3, 0.4) is 0 Å². The fraction of sp³-hybridized carbons (Fsp3) is 0.500. The number of hydrogen-bond donors (Lipinski definition) is 1. The number of nitrogens with zero attached hydrogens (tertiary/aromatic N) is 2. The second-order valence-corrected chi connectivity index (χ2v) is 4.51. The number of carbonyl (C=O) groups is 1. The van der Waals surface area contributed by atoms with Crippen molar-refractivity contribution in [1.82, 2.24) is 4.98 Å². The molecule has 0 unspecified atom stereocenters. The molecule has 1 N–H and O–H groups in total.